The van der Waals surface area contributed by atoms with Crippen molar-refractivity contribution in [2.45, 2.75) is 12.8 Å². The third-order valence-corrected chi connectivity index (χ3v) is 4.94. The molecular weight excluding hydrogens is 320 g/mol. The Balaban J connectivity index is 1.68. The first-order valence-corrected chi connectivity index (χ1v) is 8.27. The van der Waals surface area contributed by atoms with Gasteiger partial charge in [0.15, 0.2) is 0 Å². The van der Waals surface area contributed by atoms with Crippen molar-refractivity contribution in [3.8, 4) is 0 Å². The molecule has 1 aliphatic heterocycles. The number of anilines is 1. The molecule has 0 radical (unpaired) electrons. The molecular formula is C19H18N2O4. The van der Waals surface area contributed by atoms with Crippen LogP contribution in [0.5, 0.6) is 0 Å². The zero-order valence-corrected chi connectivity index (χ0v) is 13.5. The number of carbonyl (C=O) groups excluding carboxylic acids is 1. The summed E-state index contributed by atoms with van der Waals surface area (Å²) >= 11 is 0. The first-order chi connectivity index (χ1) is 12.1. The Labute approximate surface area is 143 Å². The molecule has 1 aliphatic rings. The van der Waals surface area contributed by atoms with Crippen LogP contribution in [0.25, 0.3) is 21.9 Å². The molecule has 6 heteroatoms. The van der Waals surface area contributed by atoms with E-state index in [9.17, 15) is 14.7 Å². The molecule has 0 saturated carbocycles. The van der Waals surface area contributed by atoms with E-state index < -0.39 is 17.3 Å². The van der Waals surface area contributed by atoms with E-state index in [0.29, 0.717) is 18.8 Å². The highest BCUT2D eigenvalue weighted by Gasteiger charge is 2.46. The summed E-state index contributed by atoms with van der Waals surface area (Å²) in [6.07, 6.45) is 0.566. The maximum atomic E-state index is 12.7. The SMILES string of the molecule is O=C(O)C1(C(=O)Nc2ccc3oc4ccccc4c3c2)CCNCC1. The molecule has 2 heterocycles. The number of benzene rings is 2. The van der Waals surface area contributed by atoms with Crippen LogP contribution in [0.15, 0.2) is 46.9 Å². The normalized spacial score (nSPS) is 16.8. The molecule has 0 aliphatic carbocycles. The second-order valence-electron chi connectivity index (χ2n) is 6.40. The summed E-state index contributed by atoms with van der Waals surface area (Å²) < 4.78 is 5.77. The Morgan fingerprint density at radius 2 is 1.76 bits per heavy atom. The summed E-state index contributed by atoms with van der Waals surface area (Å²) in [6, 6.07) is 13.0. The maximum Gasteiger partial charge on any atom is 0.319 e. The van der Waals surface area contributed by atoms with Crippen LogP contribution in [0.2, 0.25) is 0 Å². The second kappa shape index (κ2) is 5.89. The Kier molecular flexibility index (Phi) is 3.69. The van der Waals surface area contributed by atoms with Gasteiger partial charge in [-0.15, -0.1) is 0 Å². The topological polar surface area (TPSA) is 91.6 Å². The quantitative estimate of drug-likeness (QED) is 0.639. The first kappa shape index (κ1) is 15.7. The average molecular weight is 338 g/mol. The first-order valence-electron chi connectivity index (χ1n) is 8.27. The molecule has 0 spiro atoms. The van der Waals surface area contributed by atoms with Crippen LogP contribution in [0.3, 0.4) is 0 Å². The molecule has 6 nitrogen and oxygen atoms in total. The summed E-state index contributed by atoms with van der Waals surface area (Å²) in [5.41, 5.74) is 0.706. The highest BCUT2D eigenvalue weighted by Crippen LogP contribution is 2.33. The van der Waals surface area contributed by atoms with Crippen molar-refractivity contribution >= 4 is 39.5 Å². The third kappa shape index (κ3) is 2.55. The zero-order valence-electron chi connectivity index (χ0n) is 13.5. The number of hydrogen-bond acceptors (Lipinski definition) is 4. The molecule has 3 N–H and O–H groups in total. The van der Waals surface area contributed by atoms with E-state index in [4.69, 9.17) is 4.42 Å². The fourth-order valence-electron chi connectivity index (χ4n) is 3.45. The Morgan fingerprint density at radius 3 is 2.52 bits per heavy atom. The van der Waals surface area contributed by atoms with Gasteiger partial charge in [0.2, 0.25) is 5.91 Å². The lowest BCUT2D eigenvalue weighted by Crippen LogP contribution is -2.50. The van der Waals surface area contributed by atoms with Crippen LogP contribution in [0.4, 0.5) is 5.69 Å². The third-order valence-electron chi connectivity index (χ3n) is 4.94. The molecule has 1 amide bonds. The minimum atomic E-state index is -1.38. The van der Waals surface area contributed by atoms with Gasteiger partial charge in [-0.2, -0.15) is 0 Å². The predicted octanol–water partition coefficient (Wildman–Crippen LogP) is 2.98. The predicted molar refractivity (Wildman–Crippen MR) is 94.5 cm³/mol. The van der Waals surface area contributed by atoms with Gasteiger partial charge in [0.25, 0.3) is 0 Å². The van der Waals surface area contributed by atoms with Gasteiger partial charge in [-0.05, 0) is 50.2 Å². The highest BCUT2D eigenvalue weighted by atomic mass is 16.4. The Morgan fingerprint density at radius 1 is 1.04 bits per heavy atom. The van der Waals surface area contributed by atoms with E-state index in [1.165, 1.54) is 0 Å². The Bertz CT molecular complexity index is 970. The monoisotopic (exact) mass is 338 g/mol. The standard InChI is InChI=1S/C19H18N2O4/c22-17(19(18(23)24)7-9-20-10-8-19)21-12-5-6-16-14(11-12)13-3-1-2-4-15(13)25-16/h1-6,11,20H,7-10H2,(H,21,22)(H,23,24). The van der Waals surface area contributed by atoms with Crippen molar-refractivity contribution in [2.24, 2.45) is 5.41 Å². The van der Waals surface area contributed by atoms with E-state index in [0.717, 1.165) is 21.9 Å². The minimum absolute atomic E-state index is 0.283. The Hall–Kier alpha value is -2.86. The fourth-order valence-corrected chi connectivity index (χ4v) is 3.45. The number of para-hydroxylation sites is 1. The van der Waals surface area contributed by atoms with Crippen LogP contribution in [-0.2, 0) is 9.59 Å². The van der Waals surface area contributed by atoms with Crippen molar-refractivity contribution in [2.75, 3.05) is 18.4 Å². The number of fused-ring (bicyclic) bond motifs is 3. The van der Waals surface area contributed by atoms with Gasteiger partial charge in [-0.1, -0.05) is 18.2 Å². The molecule has 1 aromatic heterocycles. The molecule has 1 fully saturated rings. The summed E-state index contributed by atoms with van der Waals surface area (Å²) in [4.78, 5) is 24.5. The number of hydrogen-bond donors (Lipinski definition) is 3. The molecule has 0 atom stereocenters. The van der Waals surface area contributed by atoms with E-state index in [1.54, 1.807) is 12.1 Å². The van der Waals surface area contributed by atoms with Crippen LogP contribution in [-0.4, -0.2) is 30.1 Å². The van der Waals surface area contributed by atoms with Crippen LogP contribution in [0.1, 0.15) is 12.8 Å². The van der Waals surface area contributed by atoms with Gasteiger partial charge in [-0.25, -0.2) is 0 Å². The number of piperidine rings is 1. The molecule has 128 valence electrons. The van der Waals surface area contributed by atoms with E-state index in [2.05, 4.69) is 10.6 Å². The van der Waals surface area contributed by atoms with Crippen molar-refractivity contribution in [1.29, 1.82) is 0 Å². The number of furan rings is 1. The summed E-state index contributed by atoms with van der Waals surface area (Å²) in [5, 5.41) is 17.4. The summed E-state index contributed by atoms with van der Waals surface area (Å²) in [6.45, 7) is 1.04. The van der Waals surface area contributed by atoms with Gasteiger partial charge in [0.1, 0.15) is 16.6 Å². The van der Waals surface area contributed by atoms with Gasteiger partial charge in [0.05, 0.1) is 0 Å². The lowest BCUT2D eigenvalue weighted by molar-refractivity contribution is -0.155. The van der Waals surface area contributed by atoms with Gasteiger partial charge >= 0.3 is 5.97 Å². The smallest absolute Gasteiger partial charge is 0.319 e. The number of carbonyl (C=O) groups is 2. The molecule has 0 bridgehead atoms. The fraction of sp³-hybridized carbons (Fsp3) is 0.263. The number of carboxylic acid groups (broad SMARTS) is 1. The van der Waals surface area contributed by atoms with E-state index >= 15 is 0 Å². The van der Waals surface area contributed by atoms with Crippen LogP contribution in [0, 0.1) is 5.41 Å². The highest BCUT2D eigenvalue weighted by molar-refractivity contribution is 6.10. The van der Waals surface area contributed by atoms with Crippen molar-refractivity contribution in [3.05, 3.63) is 42.5 Å². The molecule has 2 aromatic carbocycles. The largest absolute Gasteiger partial charge is 0.480 e. The second-order valence-corrected chi connectivity index (χ2v) is 6.40. The maximum absolute atomic E-state index is 12.7. The van der Waals surface area contributed by atoms with Gasteiger partial charge in [0, 0.05) is 16.5 Å². The minimum Gasteiger partial charge on any atom is -0.480 e. The van der Waals surface area contributed by atoms with E-state index in [1.807, 2.05) is 30.3 Å². The molecule has 4 rings (SSSR count). The lowest BCUT2D eigenvalue weighted by atomic mass is 9.78. The molecule has 25 heavy (non-hydrogen) atoms. The molecule has 3 aromatic rings. The van der Waals surface area contributed by atoms with E-state index in [-0.39, 0.29) is 12.8 Å². The van der Waals surface area contributed by atoms with Gasteiger partial charge in [-0.3, -0.25) is 9.59 Å². The zero-order chi connectivity index (χ0) is 17.4. The van der Waals surface area contributed by atoms with Crippen LogP contribution < -0.4 is 10.6 Å². The summed E-state index contributed by atoms with van der Waals surface area (Å²) in [5.74, 6) is -1.53. The molecule has 0 unspecified atom stereocenters. The number of amides is 1. The van der Waals surface area contributed by atoms with Crippen molar-refractivity contribution in [1.82, 2.24) is 5.32 Å². The van der Waals surface area contributed by atoms with Crippen molar-refractivity contribution in [3.63, 3.8) is 0 Å². The van der Waals surface area contributed by atoms with Crippen LogP contribution >= 0.6 is 0 Å². The number of carboxylic acids is 1. The molecule has 1 saturated heterocycles. The number of aliphatic carboxylic acids is 1. The van der Waals surface area contributed by atoms with Crippen molar-refractivity contribution < 1.29 is 19.1 Å². The number of nitrogens with one attached hydrogen (secondary N) is 2. The average Bonchev–Trinajstić information content (AvgIpc) is 3.00. The van der Waals surface area contributed by atoms with Gasteiger partial charge < -0.3 is 20.2 Å². The number of rotatable bonds is 3. The lowest BCUT2D eigenvalue weighted by Gasteiger charge is -2.32. The summed E-state index contributed by atoms with van der Waals surface area (Å²) in [7, 11) is 0.